The Balaban J connectivity index is 2.29. The van der Waals surface area contributed by atoms with Crippen LogP contribution in [-0.4, -0.2) is 17.0 Å². The van der Waals surface area contributed by atoms with Crippen molar-refractivity contribution in [1.82, 2.24) is 0 Å². The summed E-state index contributed by atoms with van der Waals surface area (Å²) in [6, 6.07) is 1.69. The van der Waals surface area contributed by atoms with E-state index >= 15 is 0 Å². The second-order valence-electron chi connectivity index (χ2n) is 5.81. The van der Waals surface area contributed by atoms with Gasteiger partial charge >= 0.3 is 0 Å². The van der Waals surface area contributed by atoms with Crippen molar-refractivity contribution in [1.29, 1.82) is 0 Å². The molecule has 21 heavy (non-hydrogen) atoms. The van der Waals surface area contributed by atoms with Crippen LogP contribution in [0.1, 0.15) is 44.2 Å². The first-order valence-corrected chi connectivity index (χ1v) is 8.26. The van der Waals surface area contributed by atoms with E-state index in [4.69, 9.17) is 4.74 Å². The lowest BCUT2D eigenvalue weighted by Crippen LogP contribution is -2.41. The van der Waals surface area contributed by atoms with Crippen LogP contribution in [0.15, 0.2) is 22.7 Å². The summed E-state index contributed by atoms with van der Waals surface area (Å²) in [4.78, 5) is 11.8. The maximum atomic E-state index is 11.8. The Labute approximate surface area is 133 Å². The van der Waals surface area contributed by atoms with Crippen molar-refractivity contribution in [2.24, 2.45) is 0 Å². The van der Waals surface area contributed by atoms with E-state index < -0.39 is 0 Å². The van der Waals surface area contributed by atoms with Gasteiger partial charge in [-0.2, -0.15) is 0 Å². The third-order valence-corrected chi connectivity index (χ3v) is 5.29. The second kappa shape index (κ2) is 5.16. The van der Waals surface area contributed by atoms with Crippen molar-refractivity contribution < 1.29 is 14.6 Å². The van der Waals surface area contributed by atoms with Gasteiger partial charge in [0.1, 0.15) is 6.10 Å². The molecule has 0 fully saturated rings. The van der Waals surface area contributed by atoms with Crippen LogP contribution in [0.2, 0.25) is 0 Å². The number of hydrogen-bond donors (Lipinski definition) is 1. The fraction of sp³-hybridized carbons (Fsp3) is 0.471. The van der Waals surface area contributed by atoms with Crippen molar-refractivity contribution in [3.63, 3.8) is 0 Å². The molecule has 3 rings (SSSR count). The summed E-state index contributed by atoms with van der Waals surface area (Å²) in [5.41, 5.74) is 1.94. The second-order valence-corrected chi connectivity index (χ2v) is 6.67. The summed E-state index contributed by atoms with van der Waals surface area (Å²) in [5.74, 6) is 0.809. The number of rotatable bonds is 3. The quantitative estimate of drug-likeness (QED) is 0.894. The van der Waals surface area contributed by atoms with Gasteiger partial charge in [-0.05, 0) is 30.5 Å². The highest BCUT2D eigenvalue weighted by Crippen LogP contribution is 2.55. The molecule has 1 heterocycles. The van der Waals surface area contributed by atoms with Gasteiger partial charge in [-0.1, -0.05) is 42.3 Å². The lowest BCUT2D eigenvalue weighted by atomic mass is 9.68. The van der Waals surface area contributed by atoms with Gasteiger partial charge in [0.25, 0.3) is 0 Å². The molecule has 1 N–H and O–H groups in total. The smallest absolute Gasteiger partial charge is 0.165 e. The number of aromatic hydroxyl groups is 1. The Morgan fingerprint density at radius 3 is 2.90 bits per heavy atom. The summed E-state index contributed by atoms with van der Waals surface area (Å²) < 4.78 is 6.93. The number of phenols is 1. The van der Waals surface area contributed by atoms with E-state index in [0.29, 0.717) is 12.2 Å². The van der Waals surface area contributed by atoms with Crippen LogP contribution < -0.4 is 4.74 Å². The molecular formula is C17H19BrO3. The third kappa shape index (κ3) is 2.03. The molecule has 1 aliphatic carbocycles. The van der Waals surface area contributed by atoms with Gasteiger partial charge < -0.3 is 9.84 Å². The first-order valence-electron chi connectivity index (χ1n) is 7.47. The fourth-order valence-electron chi connectivity index (χ4n) is 3.71. The van der Waals surface area contributed by atoms with E-state index in [-0.39, 0.29) is 23.1 Å². The van der Waals surface area contributed by atoms with E-state index in [0.717, 1.165) is 34.9 Å². The maximum absolute atomic E-state index is 11.8. The zero-order valence-electron chi connectivity index (χ0n) is 12.3. The van der Waals surface area contributed by atoms with Crippen LogP contribution in [0.4, 0.5) is 0 Å². The van der Waals surface area contributed by atoms with Crippen molar-refractivity contribution in [3.8, 4) is 11.5 Å². The van der Waals surface area contributed by atoms with Gasteiger partial charge in [-0.25, -0.2) is 0 Å². The number of hydrogen-bond acceptors (Lipinski definition) is 3. The summed E-state index contributed by atoms with van der Waals surface area (Å²) in [7, 11) is 0. The van der Waals surface area contributed by atoms with Crippen LogP contribution in [0, 0.1) is 0 Å². The van der Waals surface area contributed by atoms with Gasteiger partial charge in [0.2, 0.25) is 0 Å². The molecule has 2 aliphatic rings. The van der Waals surface area contributed by atoms with E-state index in [9.17, 15) is 9.90 Å². The Hall–Kier alpha value is -1.29. The minimum absolute atomic E-state index is 0.0936. The van der Waals surface area contributed by atoms with E-state index in [1.165, 1.54) is 0 Å². The first kappa shape index (κ1) is 14.6. The molecule has 0 aromatic heterocycles. The molecule has 0 spiro atoms. The normalized spacial score (nSPS) is 26.4. The number of halogens is 1. The number of ether oxygens (including phenoxy) is 1. The number of allylic oxidation sites excluding steroid dienone is 1. The largest absolute Gasteiger partial charge is 0.504 e. The molecule has 1 aromatic rings. The minimum atomic E-state index is -0.287. The lowest BCUT2D eigenvalue weighted by Gasteiger charge is -2.34. The average molecular weight is 351 g/mol. The molecule has 2 unspecified atom stereocenters. The van der Waals surface area contributed by atoms with Crippen molar-refractivity contribution in [2.75, 3.05) is 0 Å². The van der Waals surface area contributed by atoms with Crippen molar-refractivity contribution >= 4 is 21.7 Å². The SMILES string of the molecule is CCCC12C=CC(=O)CC1Oc1c(O)cc(Br)c(CC)c12. The standard InChI is InChI=1S/C17H19BrO3/c1-3-6-17-7-5-10(19)8-14(17)21-16-13(20)9-12(18)11(4-2)15(16)17/h5,7,9,14,20H,3-4,6,8H2,1-2H3. The van der Waals surface area contributed by atoms with Crippen molar-refractivity contribution in [3.05, 3.63) is 33.8 Å². The molecule has 1 aromatic carbocycles. The summed E-state index contributed by atoms with van der Waals surface area (Å²) in [6.45, 7) is 4.24. The highest BCUT2D eigenvalue weighted by molar-refractivity contribution is 9.10. The minimum Gasteiger partial charge on any atom is -0.504 e. The van der Waals surface area contributed by atoms with Crippen LogP contribution >= 0.6 is 15.9 Å². The lowest BCUT2D eigenvalue weighted by molar-refractivity contribution is -0.117. The predicted molar refractivity (Wildman–Crippen MR) is 85.0 cm³/mol. The van der Waals surface area contributed by atoms with Crippen molar-refractivity contribution in [2.45, 2.75) is 51.0 Å². The van der Waals surface area contributed by atoms with Crippen LogP contribution in [0.5, 0.6) is 11.5 Å². The third-order valence-electron chi connectivity index (χ3n) is 4.58. The van der Waals surface area contributed by atoms with E-state index in [1.807, 2.05) is 6.08 Å². The topological polar surface area (TPSA) is 46.5 Å². The molecule has 1 aliphatic heterocycles. The molecule has 3 nitrogen and oxygen atoms in total. The Bertz CT molecular complexity index is 635. The zero-order chi connectivity index (χ0) is 15.2. The molecule has 0 amide bonds. The molecule has 0 saturated heterocycles. The highest BCUT2D eigenvalue weighted by atomic mass is 79.9. The number of carbonyl (C=O) groups is 1. The average Bonchev–Trinajstić information content (AvgIpc) is 2.75. The van der Waals surface area contributed by atoms with Crippen LogP contribution in [0.25, 0.3) is 0 Å². The number of benzene rings is 1. The van der Waals surface area contributed by atoms with E-state index in [1.54, 1.807) is 12.1 Å². The molecule has 4 heteroatoms. The fourth-order valence-corrected chi connectivity index (χ4v) is 4.41. The number of carbonyl (C=O) groups excluding carboxylic acids is 1. The van der Waals surface area contributed by atoms with Crippen LogP contribution in [0.3, 0.4) is 0 Å². The summed E-state index contributed by atoms with van der Waals surface area (Å²) in [5, 5.41) is 10.3. The first-order chi connectivity index (χ1) is 10.0. The zero-order valence-corrected chi connectivity index (χ0v) is 13.9. The van der Waals surface area contributed by atoms with Gasteiger partial charge in [0.15, 0.2) is 17.3 Å². The van der Waals surface area contributed by atoms with Gasteiger partial charge in [-0.3, -0.25) is 4.79 Å². The van der Waals surface area contributed by atoms with Crippen LogP contribution in [-0.2, 0) is 16.6 Å². The van der Waals surface area contributed by atoms with Gasteiger partial charge in [0.05, 0.1) is 5.41 Å². The monoisotopic (exact) mass is 350 g/mol. The van der Waals surface area contributed by atoms with E-state index in [2.05, 4.69) is 29.8 Å². The molecule has 0 bridgehead atoms. The van der Waals surface area contributed by atoms with Gasteiger partial charge in [-0.15, -0.1) is 0 Å². The number of phenolic OH excluding ortho intramolecular Hbond substituents is 1. The molecular weight excluding hydrogens is 332 g/mol. The summed E-state index contributed by atoms with van der Waals surface area (Å²) >= 11 is 3.56. The molecule has 2 atom stereocenters. The maximum Gasteiger partial charge on any atom is 0.165 e. The Kier molecular flexibility index (Phi) is 3.60. The predicted octanol–water partition coefficient (Wildman–Crippen LogP) is 4.05. The Morgan fingerprint density at radius 2 is 2.24 bits per heavy atom. The summed E-state index contributed by atoms with van der Waals surface area (Å²) in [6.07, 6.45) is 6.63. The molecule has 112 valence electrons. The molecule has 0 radical (unpaired) electrons. The highest BCUT2D eigenvalue weighted by Gasteiger charge is 2.51. The van der Waals surface area contributed by atoms with Gasteiger partial charge in [0, 0.05) is 16.5 Å². The Morgan fingerprint density at radius 1 is 1.48 bits per heavy atom. The molecule has 0 saturated carbocycles. The number of fused-ring (bicyclic) bond motifs is 3. The number of ketones is 1.